The Balaban J connectivity index is 0.00000207. The van der Waals surface area contributed by atoms with E-state index < -0.39 is 139 Å². The Bertz CT molecular complexity index is 3290. The second-order valence-electron chi connectivity index (χ2n) is 22.0. The molecule has 2 aliphatic rings. The summed E-state index contributed by atoms with van der Waals surface area (Å²) >= 11 is 0. The normalized spacial score (nSPS) is 16.3. The molecule has 0 aliphatic carbocycles. The molecule has 500 valence electrons. The van der Waals surface area contributed by atoms with Crippen LogP contribution in [0.1, 0.15) is 75.6 Å². The fraction of sp³-hybridized carbons (Fsp3) is 0.474. The molecule has 2 aromatic heterocycles. The summed E-state index contributed by atoms with van der Waals surface area (Å²) in [6.45, 7) is 1.62. The van der Waals surface area contributed by atoms with Crippen LogP contribution >= 0.6 is 0 Å². The van der Waals surface area contributed by atoms with Crippen molar-refractivity contribution in [2.24, 2.45) is 28.1 Å². The zero-order valence-electron chi connectivity index (χ0n) is 50.1. The van der Waals surface area contributed by atoms with Gasteiger partial charge in [0, 0.05) is 67.8 Å². The number of aromatic hydroxyl groups is 1. The molecule has 0 spiro atoms. The number of para-hydroxylation sites is 1. The first kappa shape index (κ1) is 72.4. The van der Waals surface area contributed by atoms with Crippen molar-refractivity contribution in [2.75, 3.05) is 32.8 Å². The Hall–Kier alpha value is -10.3. The number of aliphatic carboxylic acids is 1. The number of H-pyrrole nitrogens is 2. The summed E-state index contributed by atoms with van der Waals surface area (Å²) in [5.41, 5.74) is 18.3. The van der Waals surface area contributed by atoms with Gasteiger partial charge < -0.3 is 95.2 Å². The number of rotatable bonds is 31. The smallest absolute Gasteiger partial charge is 0.490 e. The maximum atomic E-state index is 14.4. The first-order valence-corrected chi connectivity index (χ1v) is 29.0. The number of aromatic amines is 2. The van der Waals surface area contributed by atoms with Crippen LogP contribution in [0.15, 0.2) is 72.2 Å². The predicted molar refractivity (Wildman–Crippen MR) is 319 cm³/mol. The van der Waals surface area contributed by atoms with Crippen LogP contribution in [0.4, 0.5) is 13.2 Å². The van der Waals surface area contributed by atoms with Gasteiger partial charge in [-0.05, 0) is 73.8 Å². The molecule has 0 unspecified atom stereocenters. The average molecular weight is 1300 g/mol. The second kappa shape index (κ2) is 34.6. The number of carboxylic acids is 1. The number of nitrogens with two attached hydrogens (primary N) is 3. The molecule has 2 aliphatic heterocycles. The lowest BCUT2D eigenvalue weighted by Crippen LogP contribution is -2.60. The number of aliphatic hydroxyl groups excluding tert-OH is 1. The lowest BCUT2D eigenvalue weighted by Gasteiger charge is -2.30. The molecule has 4 aromatic rings. The molecule has 0 saturated carbocycles. The highest BCUT2D eigenvalue weighted by Crippen LogP contribution is 2.22. The molecule has 0 bridgehead atoms. The lowest BCUT2D eigenvalue weighted by molar-refractivity contribution is -0.192. The number of hydrogen-bond acceptors (Lipinski definition) is 16. The number of benzene rings is 2. The van der Waals surface area contributed by atoms with Crippen molar-refractivity contribution in [3.05, 3.63) is 84.1 Å². The van der Waals surface area contributed by atoms with Crippen molar-refractivity contribution in [1.82, 2.24) is 67.7 Å². The van der Waals surface area contributed by atoms with Crippen LogP contribution in [-0.4, -0.2) is 199 Å². The number of alkyl halides is 3. The number of phenolic OH excluding ortho intramolecular Hbond substituents is 1. The van der Waals surface area contributed by atoms with Gasteiger partial charge in [0.1, 0.15) is 54.1 Å². The summed E-state index contributed by atoms with van der Waals surface area (Å²) in [5, 5.41) is 51.6. The van der Waals surface area contributed by atoms with Crippen molar-refractivity contribution in [2.45, 2.75) is 133 Å². The van der Waals surface area contributed by atoms with E-state index in [1.165, 1.54) is 41.7 Å². The highest BCUT2D eigenvalue weighted by atomic mass is 19.4. The molecule has 2 saturated heterocycles. The number of primary amides is 1. The molecule has 2 fully saturated rings. The number of likely N-dealkylation sites (tertiary alicyclic amines) is 1. The number of hydrogen-bond donors (Lipinski definition) is 17. The number of nitrogens with zero attached hydrogens (tertiary/aromatic N) is 3. The highest BCUT2D eigenvalue weighted by molar-refractivity contribution is 5.99. The number of halogens is 3. The monoisotopic (exact) mass is 1300 g/mol. The molecule has 6 rings (SSSR count). The number of phenols is 1. The maximum Gasteiger partial charge on any atom is 0.490 e. The van der Waals surface area contributed by atoms with E-state index in [1.54, 1.807) is 44.3 Å². The Kier molecular flexibility index (Phi) is 27.2. The van der Waals surface area contributed by atoms with E-state index in [9.17, 15) is 76.1 Å². The molecule has 20 N–H and O–H groups in total. The third-order valence-electron chi connectivity index (χ3n) is 14.3. The van der Waals surface area contributed by atoms with Gasteiger partial charge in [0.2, 0.25) is 65.0 Å². The Morgan fingerprint density at radius 3 is 1.96 bits per heavy atom. The Morgan fingerprint density at radius 2 is 1.36 bits per heavy atom. The zero-order valence-corrected chi connectivity index (χ0v) is 50.1. The molecule has 2 aromatic carbocycles. The Morgan fingerprint density at radius 1 is 0.739 bits per heavy atom. The molecular weight excluding hydrogens is 1220 g/mol. The first-order valence-electron chi connectivity index (χ1n) is 29.0. The van der Waals surface area contributed by atoms with Gasteiger partial charge in [-0.1, -0.05) is 44.2 Å². The van der Waals surface area contributed by atoms with E-state index in [4.69, 9.17) is 27.1 Å². The van der Waals surface area contributed by atoms with Gasteiger partial charge in [0.05, 0.1) is 26.0 Å². The topological polar surface area (TPSA) is 512 Å². The molecule has 4 heterocycles. The Labute approximate surface area is 523 Å². The number of nitrogens with one attached hydrogen (secondary N) is 11. The molecule has 35 heteroatoms. The number of fused-ring (bicyclic) bond motifs is 1. The summed E-state index contributed by atoms with van der Waals surface area (Å²) in [5.74, 6) is -11.6. The van der Waals surface area contributed by atoms with E-state index in [0.29, 0.717) is 34.1 Å². The van der Waals surface area contributed by atoms with Crippen molar-refractivity contribution in [3.63, 3.8) is 0 Å². The van der Waals surface area contributed by atoms with Crippen LogP contribution in [0, 0.1) is 5.92 Å². The highest BCUT2D eigenvalue weighted by Gasteiger charge is 2.40. The van der Waals surface area contributed by atoms with Crippen LogP contribution in [0.5, 0.6) is 5.75 Å². The predicted octanol–water partition coefficient (Wildman–Crippen LogP) is -3.75. The SMILES string of the molecule is CC(C)C[C@H](NC(=O)CNC(=O)[C@H](Cc1ccc(O)cc1)NC(=O)[C@H](CO)NC(=O)[C@@H](Cc1c[nH]c2ccccc12)NC(=O)[C@H](Cc1cnc[nH]1)NC(=O)[C@@H]1CCC(=O)N1)C(=O)N[C@@H](CCCN=C(N)N)C(=O)N1CCC[C@H]1C(=O)NCC(N)=O.O=C(O)C(F)(F)F. The maximum absolute atomic E-state index is 14.4. The number of carbonyl (C=O) groups is 12. The van der Waals surface area contributed by atoms with Crippen LogP contribution in [0.25, 0.3) is 10.9 Å². The molecule has 11 amide bonds. The summed E-state index contributed by atoms with van der Waals surface area (Å²) in [6, 6.07) is 2.37. The van der Waals surface area contributed by atoms with Gasteiger partial charge in [-0.25, -0.2) is 9.78 Å². The van der Waals surface area contributed by atoms with E-state index in [1.807, 2.05) is 0 Å². The number of carbonyl (C=O) groups excluding carboxylic acids is 11. The summed E-state index contributed by atoms with van der Waals surface area (Å²) in [4.78, 5) is 173. The van der Waals surface area contributed by atoms with Crippen molar-refractivity contribution in [1.29, 1.82) is 0 Å². The minimum atomic E-state index is -5.08. The number of guanidine groups is 1. The van der Waals surface area contributed by atoms with E-state index in [-0.39, 0.29) is 94.4 Å². The van der Waals surface area contributed by atoms with Crippen LogP contribution in [0.3, 0.4) is 0 Å². The quantitative estimate of drug-likeness (QED) is 0.0131. The minimum Gasteiger partial charge on any atom is -0.508 e. The van der Waals surface area contributed by atoms with E-state index in [0.717, 1.165) is 0 Å². The fourth-order valence-corrected chi connectivity index (χ4v) is 9.79. The third kappa shape index (κ3) is 22.9. The van der Waals surface area contributed by atoms with Gasteiger partial charge in [-0.2, -0.15) is 13.2 Å². The molecular formula is C57H76F3N17O15. The van der Waals surface area contributed by atoms with Crippen LogP contribution in [0.2, 0.25) is 0 Å². The third-order valence-corrected chi connectivity index (χ3v) is 14.3. The number of carboxylic acid groups (broad SMARTS) is 1. The molecule has 92 heavy (non-hydrogen) atoms. The number of aromatic nitrogens is 3. The van der Waals surface area contributed by atoms with Gasteiger partial charge in [-0.3, -0.25) is 57.7 Å². The zero-order chi connectivity index (χ0) is 67.8. The fourth-order valence-electron chi connectivity index (χ4n) is 9.79. The number of aliphatic imine (C=N–C) groups is 1. The average Bonchev–Trinajstić information content (AvgIpc) is 2.48. The van der Waals surface area contributed by atoms with Gasteiger partial charge in [-0.15, -0.1) is 0 Å². The largest absolute Gasteiger partial charge is 0.508 e. The lowest BCUT2D eigenvalue weighted by atomic mass is 10.0. The molecule has 8 atom stereocenters. The number of amides is 11. The number of aliphatic hydroxyl groups is 1. The summed E-state index contributed by atoms with van der Waals surface area (Å²) in [6.07, 6.45) is 0.160. The van der Waals surface area contributed by atoms with Gasteiger partial charge in [0.15, 0.2) is 5.96 Å². The molecule has 0 radical (unpaired) electrons. The first-order chi connectivity index (χ1) is 43.5. The van der Waals surface area contributed by atoms with Crippen LogP contribution < -0.4 is 65.1 Å². The summed E-state index contributed by atoms with van der Waals surface area (Å²) in [7, 11) is 0. The summed E-state index contributed by atoms with van der Waals surface area (Å²) < 4.78 is 31.7. The van der Waals surface area contributed by atoms with Crippen molar-refractivity contribution in [3.8, 4) is 5.75 Å². The second-order valence-corrected chi connectivity index (χ2v) is 22.0. The molecule has 32 nitrogen and oxygen atoms in total. The van der Waals surface area contributed by atoms with Gasteiger partial charge in [0.25, 0.3) is 0 Å². The minimum absolute atomic E-state index is 0.0156. The van der Waals surface area contributed by atoms with Crippen LogP contribution in [-0.2, 0) is 76.8 Å². The van der Waals surface area contributed by atoms with E-state index in [2.05, 4.69) is 67.8 Å². The standard InChI is InChI=1S/C55H75N17O13.C2HF3O2/c1-29(2)19-38(49(80)67-37(9-5-17-60-55(57)58)54(85)72-18-6-10-43(72)53(84)62-25-44(56)75)66-46(77)26-63-47(78)39(20-30-11-13-33(74)14-12-30)68-52(83)42(27-73)71-50(81)40(21-31-23-61-35-8-4-3-7-34(31)35)69-51(82)41(22-32-24-59-28-64-32)70-48(79)36-15-16-45(76)65-36;3-2(4,5)1(6)7/h3-4,7-8,11-14,23-24,28-29,36-43,61,73-74H,5-6,9-10,15-22,25-27H2,1-2H3,(H2,56,75)(H,59,64)(H,62,84)(H,63,78)(H,65,76)(H,66,77)(H,67,80)(H,68,83)(H,69,82)(H,70,79)(H,71,81)(H4,57,58,60);(H,6,7)/t36-,37-,38-,39-,40+,41-,42-,43-;/m0./s1. The van der Waals surface area contributed by atoms with Crippen molar-refractivity contribution >= 4 is 87.8 Å². The van der Waals surface area contributed by atoms with Gasteiger partial charge >= 0.3 is 12.1 Å². The van der Waals surface area contributed by atoms with E-state index >= 15 is 0 Å². The number of imidazole rings is 1. The van der Waals surface area contributed by atoms with Crippen molar-refractivity contribution < 1.29 is 86.0 Å².